The molecule has 0 unspecified atom stereocenters. The lowest BCUT2D eigenvalue weighted by molar-refractivity contribution is 0.263. The van der Waals surface area contributed by atoms with E-state index in [1.54, 1.807) is 18.2 Å². The Hall–Kier alpha value is -2.84. The standard InChI is InChI=1S/C22H16ClFN4/c23-16-4-2-5-17(24)20(16)18-11-15-13-7-9-22(10-8-13,21(15)28-27-18)19-6-1-3-14(12-25)26-19/h1-6,11,13H,7-10H2. The molecular formula is C22H16ClFN4. The fraction of sp³-hybridized carbons (Fsp3) is 0.273. The molecular weight excluding hydrogens is 375 g/mol. The molecule has 3 aliphatic carbocycles. The molecule has 0 amide bonds. The first-order valence-corrected chi connectivity index (χ1v) is 9.70. The highest BCUT2D eigenvalue weighted by atomic mass is 35.5. The van der Waals surface area contributed by atoms with E-state index in [1.165, 1.54) is 6.07 Å². The minimum absolute atomic E-state index is 0.291. The van der Waals surface area contributed by atoms with Gasteiger partial charge < -0.3 is 0 Å². The number of fused-ring (bicyclic) bond motifs is 2. The van der Waals surface area contributed by atoms with Gasteiger partial charge in [0.1, 0.15) is 17.6 Å². The Kier molecular flexibility index (Phi) is 3.92. The lowest BCUT2D eigenvalue weighted by atomic mass is 9.58. The van der Waals surface area contributed by atoms with Crippen molar-refractivity contribution in [2.75, 3.05) is 0 Å². The summed E-state index contributed by atoms with van der Waals surface area (Å²) in [4.78, 5) is 4.58. The smallest absolute Gasteiger partial charge is 0.140 e. The summed E-state index contributed by atoms with van der Waals surface area (Å²) >= 11 is 6.23. The summed E-state index contributed by atoms with van der Waals surface area (Å²) in [5.41, 5.74) is 3.71. The number of hydrogen-bond acceptors (Lipinski definition) is 4. The fourth-order valence-electron chi connectivity index (χ4n) is 4.75. The van der Waals surface area contributed by atoms with Gasteiger partial charge in [-0.1, -0.05) is 23.7 Å². The highest BCUT2D eigenvalue weighted by molar-refractivity contribution is 6.33. The third kappa shape index (κ3) is 2.45. The Balaban J connectivity index is 1.68. The number of nitriles is 1. The molecule has 0 atom stereocenters. The maximum Gasteiger partial charge on any atom is 0.140 e. The van der Waals surface area contributed by atoms with Crippen molar-refractivity contribution >= 4 is 11.6 Å². The second-order valence-corrected chi connectivity index (χ2v) is 7.91. The van der Waals surface area contributed by atoms with Gasteiger partial charge in [-0.2, -0.15) is 15.5 Å². The first-order valence-electron chi connectivity index (χ1n) is 9.32. The minimum Gasteiger partial charge on any atom is -0.241 e. The number of halogens is 2. The van der Waals surface area contributed by atoms with E-state index in [2.05, 4.69) is 21.3 Å². The Bertz CT molecular complexity index is 1110. The van der Waals surface area contributed by atoms with Gasteiger partial charge in [-0.15, -0.1) is 0 Å². The van der Waals surface area contributed by atoms with Gasteiger partial charge in [0.05, 0.1) is 33.1 Å². The van der Waals surface area contributed by atoms with Crippen LogP contribution in [0.5, 0.6) is 0 Å². The summed E-state index contributed by atoms with van der Waals surface area (Å²) in [7, 11) is 0. The van der Waals surface area contributed by atoms with E-state index in [4.69, 9.17) is 11.6 Å². The van der Waals surface area contributed by atoms with Gasteiger partial charge in [0.15, 0.2) is 0 Å². The summed E-state index contributed by atoms with van der Waals surface area (Å²) < 4.78 is 14.4. The molecule has 1 fully saturated rings. The zero-order valence-corrected chi connectivity index (χ0v) is 15.7. The number of nitrogens with zero attached hydrogens (tertiary/aromatic N) is 4. The van der Waals surface area contributed by atoms with Crippen LogP contribution in [0.1, 0.15) is 54.2 Å². The van der Waals surface area contributed by atoms with E-state index in [0.29, 0.717) is 27.9 Å². The van der Waals surface area contributed by atoms with Gasteiger partial charge in [-0.3, -0.25) is 0 Å². The van der Waals surface area contributed by atoms with Crippen LogP contribution in [-0.2, 0) is 5.41 Å². The van der Waals surface area contributed by atoms with Crippen LogP contribution in [0.2, 0.25) is 5.02 Å². The largest absolute Gasteiger partial charge is 0.241 e. The van der Waals surface area contributed by atoms with E-state index in [9.17, 15) is 9.65 Å². The fourth-order valence-corrected chi connectivity index (χ4v) is 5.01. The molecule has 0 N–H and O–H groups in total. The van der Waals surface area contributed by atoms with Crippen LogP contribution in [0, 0.1) is 17.1 Å². The molecule has 0 spiro atoms. The molecule has 4 nitrogen and oxygen atoms in total. The Morgan fingerprint density at radius 1 is 1.11 bits per heavy atom. The summed E-state index contributed by atoms with van der Waals surface area (Å²) in [6.45, 7) is 0. The predicted molar refractivity (Wildman–Crippen MR) is 103 cm³/mol. The van der Waals surface area contributed by atoms with E-state index in [0.717, 1.165) is 42.6 Å². The highest BCUT2D eigenvalue weighted by Crippen LogP contribution is 2.55. The molecule has 0 aliphatic heterocycles. The van der Waals surface area contributed by atoms with Crippen molar-refractivity contribution in [3.63, 3.8) is 0 Å². The molecule has 3 aliphatic rings. The number of pyridine rings is 1. The highest BCUT2D eigenvalue weighted by Gasteiger charge is 2.48. The Labute approximate surface area is 167 Å². The SMILES string of the molecule is N#Cc1cccc(C23CCC(CC2)c2cc(-c4c(F)cccc4Cl)nnc23)n1. The van der Waals surface area contributed by atoms with Crippen LogP contribution in [0.4, 0.5) is 4.39 Å². The van der Waals surface area contributed by atoms with E-state index in [1.807, 2.05) is 18.2 Å². The van der Waals surface area contributed by atoms with Crippen molar-refractivity contribution < 1.29 is 4.39 Å². The maximum atomic E-state index is 14.4. The molecule has 28 heavy (non-hydrogen) atoms. The first kappa shape index (κ1) is 17.3. The van der Waals surface area contributed by atoms with Crippen LogP contribution in [-0.4, -0.2) is 15.2 Å². The molecule has 6 rings (SSSR count). The molecule has 6 heteroatoms. The van der Waals surface area contributed by atoms with Crippen molar-refractivity contribution in [1.82, 2.24) is 15.2 Å². The van der Waals surface area contributed by atoms with Gasteiger partial charge in [-0.25, -0.2) is 9.37 Å². The monoisotopic (exact) mass is 390 g/mol. The van der Waals surface area contributed by atoms with Gasteiger partial charge in [-0.05, 0) is 67.5 Å². The molecule has 0 radical (unpaired) electrons. The quantitative estimate of drug-likeness (QED) is 0.606. The molecule has 0 saturated heterocycles. The topological polar surface area (TPSA) is 62.5 Å². The van der Waals surface area contributed by atoms with E-state index in [-0.39, 0.29) is 5.41 Å². The van der Waals surface area contributed by atoms with Gasteiger partial charge >= 0.3 is 0 Å². The molecule has 1 saturated carbocycles. The third-order valence-electron chi connectivity index (χ3n) is 6.13. The second kappa shape index (κ2) is 6.35. The average Bonchev–Trinajstić information content (AvgIpc) is 2.74. The number of rotatable bonds is 2. The van der Waals surface area contributed by atoms with Crippen molar-refractivity contribution in [3.8, 4) is 17.3 Å². The van der Waals surface area contributed by atoms with Crippen molar-refractivity contribution in [1.29, 1.82) is 5.26 Å². The number of benzene rings is 1. The molecule has 138 valence electrons. The number of aromatic nitrogens is 3. The normalized spacial score (nSPS) is 22.5. The van der Waals surface area contributed by atoms with Crippen LogP contribution in [0.15, 0.2) is 42.5 Å². The lowest BCUT2D eigenvalue weighted by Gasteiger charge is -2.46. The molecule has 2 aromatic heterocycles. The second-order valence-electron chi connectivity index (χ2n) is 7.51. The zero-order chi connectivity index (χ0) is 19.3. The van der Waals surface area contributed by atoms with Crippen molar-refractivity contribution in [3.05, 3.63) is 75.9 Å². The van der Waals surface area contributed by atoms with Gasteiger partial charge in [0.2, 0.25) is 0 Å². The molecule has 2 heterocycles. The summed E-state index contributed by atoms with van der Waals surface area (Å²) in [5.74, 6) is -0.0170. The predicted octanol–water partition coefficient (Wildman–Crippen LogP) is 5.16. The lowest BCUT2D eigenvalue weighted by Crippen LogP contribution is -2.41. The van der Waals surface area contributed by atoms with Crippen LogP contribution in [0.25, 0.3) is 11.3 Å². The summed E-state index contributed by atoms with van der Waals surface area (Å²) in [6.07, 6.45) is 3.89. The van der Waals surface area contributed by atoms with Crippen molar-refractivity contribution in [2.24, 2.45) is 0 Å². The van der Waals surface area contributed by atoms with Crippen LogP contribution in [0.3, 0.4) is 0 Å². The summed E-state index contributed by atoms with van der Waals surface area (Å²) in [6, 6.07) is 14.2. The summed E-state index contributed by atoms with van der Waals surface area (Å²) in [5, 5.41) is 18.5. The van der Waals surface area contributed by atoms with Gasteiger partial charge in [0.25, 0.3) is 0 Å². The maximum absolute atomic E-state index is 14.4. The van der Waals surface area contributed by atoms with Crippen molar-refractivity contribution in [2.45, 2.75) is 37.0 Å². The zero-order valence-electron chi connectivity index (χ0n) is 15.0. The van der Waals surface area contributed by atoms with Crippen LogP contribution >= 0.6 is 11.6 Å². The molecule has 3 aromatic rings. The minimum atomic E-state index is -0.402. The van der Waals surface area contributed by atoms with E-state index < -0.39 is 5.82 Å². The van der Waals surface area contributed by atoms with Gasteiger partial charge in [0, 0.05) is 0 Å². The number of hydrogen-bond donors (Lipinski definition) is 0. The Morgan fingerprint density at radius 3 is 2.64 bits per heavy atom. The third-order valence-corrected chi connectivity index (χ3v) is 6.44. The molecule has 1 aromatic carbocycles. The Morgan fingerprint density at radius 2 is 1.89 bits per heavy atom. The van der Waals surface area contributed by atoms with E-state index >= 15 is 0 Å². The average molecular weight is 391 g/mol. The first-order chi connectivity index (χ1) is 13.6. The van der Waals surface area contributed by atoms with Crippen LogP contribution < -0.4 is 0 Å². The molecule has 2 bridgehead atoms.